The van der Waals surface area contributed by atoms with Crippen molar-refractivity contribution < 1.29 is 9.53 Å². The summed E-state index contributed by atoms with van der Waals surface area (Å²) in [6.45, 7) is 12.3. The summed E-state index contributed by atoms with van der Waals surface area (Å²) >= 11 is 0. The number of benzene rings is 2. The Morgan fingerprint density at radius 1 is 1.00 bits per heavy atom. The van der Waals surface area contributed by atoms with Crippen molar-refractivity contribution in [3.63, 3.8) is 0 Å². The van der Waals surface area contributed by atoms with Gasteiger partial charge in [0.2, 0.25) is 0 Å². The molecular weight excluding hydrogens is 372 g/mol. The molecule has 3 heteroatoms. The van der Waals surface area contributed by atoms with Gasteiger partial charge in [-0.1, -0.05) is 100 Å². The fourth-order valence-electron chi connectivity index (χ4n) is 4.10. The van der Waals surface area contributed by atoms with Crippen LogP contribution in [0.4, 0.5) is 0 Å². The monoisotopic (exact) mass is 410 g/mol. The maximum atomic E-state index is 9.02. The van der Waals surface area contributed by atoms with Gasteiger partial charge in [0.15, 0.2) is 0 Å². The van der Waals surface area contributed by atoms with Crippen molar-refractivity contribution in [3.8, 4) is 0 Å². The standard InChI is InChI=1S/C26H38O2Si/c1-22(19-20-27)13-12-14-23(2)21-28-29(26(3,4)5,24-15-8-6-9-16-24)25-17-10-7-11-18-25/h6-11,15-19,23,27H,12-14,20-21H2,1-5H3. The number of hydrogen-bond acceptors (Lipinski definition) is 2. The van der Waals surface area contributed by atoms with Crippen LogP contribution in [0.1, 0.15) is 53.9 Å². The minimum absolute atomic E-state index is 0.0237. The first-order valence-corrected chi connectivity index (χ1v) is 12.7. The lowest BCUT2D eigenvalue weighted by Gasteiger charge is -2.43. The highest BCUT2D eigenvalue weighted by Gasteiger charge is 2.50. The van der Waals surface area contributed by atoms with Crippen molar-refractivity contribution in [1.82, 2.24) is 0 Å². The molecule has 2 rings (SSSR count). The molecule has 0 spiro atoms. The molecule has 2 nitrogen and oxygen atoms in total. The Bertz CT molecular complexity index is 708. The highest BCUT2D eigenvalue weighted by atomic mass is 28.4. The first-order chi connectivity index (χ1) is 13.8. The molecule has 2 aromatic carbocycles. The van der Waals surface area contributed by atoms with Crippen LogP contribution in [-0.4, -0.2) is 26.6 Å². The highest BCUT2D eigenvalue weighted by molar-refractivity contribution is 6.99. The Balaban J connectivity index is 2.24. The summed E-state index contributed by atoms with van der Waals surface area (Å²) in [5.41, 5.74) is 1.27. The third kappa shape index (κ3) is 6.15. The number of aliphatic hydroxyl groups is 1. The summed E-state index contributed by atoms with van der Waals surface area (Å²) in [4.78, 5) is 0. The van der Waals surface area contributed by atoms with Gasteiger partial charge in [0.05, 0.1) is 6.61 Å². The van der Waals surface area contributed by atoms with Crippen LogP contribution in [0, 0.1) is 5.92 Å². The van der Waals surface area contributed by atoms with E-state index in [1.165, 1.54) is 15.9 Å². The zero-order valence-electron chi connectivity index (χ0n) is 18.8. The van der Waals surface area contributed by atoms with Crippen molar-refractivity contribution >= 4 is 18.7 Å². The summed E-state index contributed by atoms with van der Waals surface area (Å²) in [7, 11) is -2.43. The fraction of sp³-hybridized carbons (Fsp3) is 0.462. The van der Waals surface area contributed by atoms with Crippen molar-refractivity contribution in [2.24, 2.45) is 5.92 Å². The summed E-state index contributed by atoms with van der Waals surface area (Å²) in [6, 6.07) is 21.7. The minimum Gasteiger partial charge on any atom is -0.407 e. The van der Waals surface area contributed by atoms with Crippen LogP contribution in [0.5, 0.6) is 0 Å². The van der Waals surface area contributed by atoms with E-state index >= 15 is 0 Å². The first kappa shape index (κ1) is 23.6. The van der Waals surface area contributed by atoms with E-state index in [0.29, 0.717) is 5.92 Å². The summed E-state index contributed by atoms with van der Waals surface area (Å²) in [6.07, 6.45) is 5.22. The molecule has 29 heavy (non-hydrogen) atoms. The number of allylic oxidation sites excluding steroid dienone is 1. The van der Waals surface area contributed by atoms with E-state index in [1.807, 2.05) is 6.08 Å². The summed E-state index contributed by atoms with van der Waals surface area (Å²) in [5, 5.41) is 11.7. The largest absolute Gasteiger partial charge is 0.407 e. The summed E-state index contributed by atoms with van der Waals surface area (Å²) < 4.78 is 7.02. The fourth-order valence-corrected chi connectivity index (χ4v) is 8.79. The van der Waals surface area contributed by atoms with Crippen LogP contribution in [0.15, 0.2) is 72.3 Å². The molecule has 0 fully saturated rings. The lowest BCUT2D eigenvalue weighted by Crippen LogP contribution is -2.66. The van der Waals surface area contributed by atoms with Gasteiger partial charge in [-0.2, -0.15) is 0 Å². The predicted octanol–water partition coefficient (Wildman–Crippen LogP) is 5.31. The molecule has 0 aliphatic carbocycles. The molecule has 0 bridgehead atoms. The molecule has 0 saturated heterocycles. The van der Waals surface area contributed by atoms with E-state index in [2.05, 4.69) is 95.3 Å². The van der Waals surface area contributed by atoms with E-state index in [4.69, 9.17) is 9.53 Å². The molecule has 0 aliphatic heterocycles. The smallest absolute Gasteiger partial charge is 0.261 e. The molecule has 0 radical (unpaired) electrons. The molecule has 0 saturated carbocycles. The third-order valence-corrected chi connectivity index (χ3v) is 10.7. The molecule has 2 aromatic rings. The van der Waals surface area contributed by atoms with Gasteiger partial charge in [0.1, 0.15) is 0 Å². The van der Waals surface area contributed by atoms with Crippen LogP contribution in [0.2, 0.25) is 5.04 Å². The van der Waals surface area contributed by atoms with E-state index in [9.17, 15) is 0 Å². The van der Waals surface area contributed by atoms with Gasteiger partial charge in [0.25, 0.3) is 8.32 Å². The lowest BCUT2D eigenvalue weighted by atomic mass is 10.0. The number of hydrogen-bond donors (Lipinski definition) is 1. The van der Waals surface area contributed by atoms with E-state index in [0.717, 1.165) is 25.9 Å². The minimum atomic E-state index is -2.43. The van der Waals surface area contributed by atoms with Gasteiger partial charge < -0.3 is 9.53 Å². The Labute approximate surface area is 178 Å². The second kappa shape index (κ2) is 10.9. The van der Waals surface area contributed by atoms with Crippen LogP contribution in [0.25, 0.3) is 0 Å². The molecule has 1 atom stereocenters. The molecule has 1 N–H and O–H groups in total. The highest BCUT2D eigenvalue weighted by Crippen LogP contribution is 2.37. The van der Waals surface area contributed by atoms with Crippen LogP contribution >= 0.6 is 0 Å². The molecule has 0 aromatic heterocycles. The van der Waals surface area contributed by atoms with E-state index in [-0.39, 0.29) is 11.6 Å². The van der Waals surface area contributed by atoms with Gasteiger partial charge in [-0.25, -0.2) is 0 Å². The molecular formula is C26H38O2Si. The van der Waals surface area contributed by atoms with Crippen molar-refractivity contribution in [1.29, 1.82) is 0 Å². The predicted molar refractivity (Wildman–Crippen MR) is 127 cm³/mol. The zero-order chi connectivity index (χ0) is 21.3. The number of aliphatic hydroxyl groups excluding tert-OH is 1. The average Bonchev–Trinajstić information content (AvgIpc) is 2.69. The maximum absolute atomic E-state index is 9.02. The Kier molecular flexibility index (Phi) is 8.88. The van der Waals surface area contributed by atoms with Gasteiger partial charge in [0, 0.05) is 6.61 Å². The Morgan fingerprint density at radius 2 is 1.52 bits per heavy atom. The summed E-state index contributed by atoms with van der Waals surface area (Å²) in [5.74, 6) is 0.499. The Hall–Kier alpha value is -1.68. The molecule has 0 aliphatic rings. The molecule has 1 unspecified atom stereocenters. The molecule has 158 valence electrons. The van der Waals surface area contributed by atoms with Gasteiger partial charge in [-0.15, -0.1) is 0 Å². The van der Waals surface area contributed by atoms with Crippen molar-refractivity contribution in [3.05, 3.63) is 72.3 Å². The van der Waals surface area contributed by atoms with Gasteiger partial charge in [-0.3, -0.25) is 0 Å². The van der Waals surface area contributed by atoms with E-state index in [1.54, 1.807) is 0 Å². The second-order valence-electron chi connectivity index (χ2n) is 9.20. The molecule has 0 amide bonds. The van der Waals surface area contributed by atoms with Crippen molar-refractivity contribution in [2.75, 3.05) is 13.2 Å². The van der Waals surface area contributed by atoms with Crippen LogP contribution in [-0.2, 0) is 4.43 Å². The molecule has 0 heterocycles. The van der Waals surface area contributed by atoms with Crippen molar-refractivity contribution in [2.45, 2.75) is 58.9 Å². The lowest BCUT2D eigenvalue weighted by molar-refractivity contribution is 0.236. The van der Waals surface area contributed by atoms with E-state index < -0.39 is 8.32 Å². The normalized spacial score (nSPS) is 14.1. The average molecular weight is 411 g/mol. The van der Waals surface area contributed by atoms with Crippen LogP contribution in [0.3, 0.4) is 0 Å². The topological polar surface area (TPSA) is 29.5 Å². The zero-order valence-corrected chi connectivity index (χ0v) is 19.8. The van der Waals surface area contributed by atoms with Gasteiger partial charge >= 0.3 is 0 Å². The maximum Gasteiger partial charge on any atom is 0.261 e. The second-order valence-corrected chi connectivity index (χ2v) is 13.5. The first-order valence-electron chi connectivity index (χ1n) is 10.8. The SMILES string of the molecule is CC(=CCO)CCCC(C)CO[Si](c1ccccc1)(c1ccccc1)C(C)(C)C. The quantitative estimate of drug-likeness (QED) is 0.425. The van der Waals surface area contributed by atoms with Crippen LogP contribution < -0.4 is 10.4 Å². The number of rotatable bonds is 10. The Morgan fingerprint density at radius 3 is 1.97 bits per heavy atom. The van der Waals surface area contributed by atoms with Gasteiger partial charge in [-0.05, 0) is 47.5 Å². The third-order valence-electron chi connectivity index (χ3n) is 5.71.